The van der Waals surface area contributed by atoms with Crippen molar-refractivity contribution in [3.05, 3.63) is 47.6 Å². The highest BCUT2D eigenvalue weighted by Gasteiger charge is 2.21. The number of anilines is 1. The lowest BCUT2D eigenvalue weighted by Crippen LogP contribution is -2.18. The van der Waals surface area contributed by atoms with Crippen LogP contribution in [0.3, 0.4) is 0 Å². The summed E-state index contributed by atoms with van der Waals surface area (Å²) in [4.78, 5) is 6.21. The van der Waals surface area contributed by atoms with E-state index in [1.807, 2.05) is 13.1 Å². The summed E-state index contributed by atoms with van der Waals surface area (Å²) in [5, 5.41) is 3.38. The zero-order valence-electron chi connectivity index (χ0n) is 11.5. The van der Waals surface area contributed by atoms with Gasteiger partial charge in [0, 0.05) is 31.7 Å². The van der Waals surface area contributed by atoms with Crippen LogP contribution in [0, 0.1) is 5.82 Å². The molecule has 0 radical (unpaired) electrons. The summed E-state index contributed by atoms with van der Waals surface area (Å²) in [5.74, 6) is -0.207. The van der Waals surface area contributed by atoms with Crippen molar-refractivity contribution in [2.45, 2.75) is 32.0 Å². The lowest BCUT2D eigenvalue weighted by molar-refractivity contribution is 0.537. The van der Waals surface area contributed by atoms with Gasteiger partial charge in [0.2, 0.25) is 0 Å². The Morgan fingerprint density at radius 3 is 2.95 bits per heavy atom. The molecule has 3 rings (SSSR count). The van der Waals surface area contributed by atoms with Crippen LogP contribution in [0.15, 0.2) is 34.9 Å². The van der Waals surface area contributed by atoms with Crippen LogP contribution in [0.1, 0.15) is 24.1 Å². The highest BCUT2D eigenvalue weighted by Crippen LogP contribution is 2.20. The molecular weight excluding hydrogens is 257 g/mol. The minimum absolute atomic E-state index is 0.207. The van der Waals surface area contributed by atoms with Gasteiger partial charge in [0.25, 0.3) is 6.01 Å². The van der Waals surface area contributed by atoms with Gasteiger partial charge in [-0.25, -0.2) is 4.39 Å². The summed E-state index contributed by atoms with van der Waals surface area (Å²) in [6.45, 7) is 1.16. The Morgan fingerprint density at radius 1 is 1.40 bits per heavy atom. The molecule has 0 saturated heterocycles. The number of rotatable bonds is 6. The van der Waals surface area contributed by atoms with Crippen LogP contribution in [0.4, 0.5) is 10.4 Å². The maximum absolute atomic E-state index is 13.6. The molecule has 0 unspecified atom stereocenters. The lowest BCUT2D eigenvalue weighted by atomic mass is 10.2. The third-order valence-corrected chi connectivity index (χ3v) is 3.38. The zero-order valence-corrected chi connectivity index (χ0v) is 11.5. The van der Waals surface area contributed by atoms with E-state index in [2.05, 4.69) is 10.3 Å². The van der Waals surface area contributed by atoms with Gasteiger partial charge < -0.3 is 14.6 Å². The molecule has 4 nitrogen and oxygen atoms in total. The number of hydrogen-bond acceptors (Lipinski definition) is 4. The normalized spacial score (nSPS) is 14.5. The molecule has 1 fully saturated rings. The maximum Gasteiger partial charge on any atom is 0.297 e. The topological polar surface area (TPSA) is 41.3 Å². The Balaban J connectivity index is 1.61. The van der Waals surface area contributed by atoms with Gasteiger partial charge in [-0.2, -0.15) is 4.98 Å². The number of halogens is 1. The molecule has 2 aromatic rings. The molecule has 1 aromatic heterocycles. The second kappa shape index (κ2) is 5.63. The predicted molar refractivity (Wildman–Crippen MR) is 74.9 cm³/mol. The van der Waals surface area contributed by atoms with E-state index in [0.717, 1.165) is 12.2 Å². The summed E-state index contributed by atoms with van der Waals surface area (Å²) in [7, 11) is 1.84. The number of aromatic nitrogens is 1. The van der Waals surface area contributed by atoms with Gasteiger partial charge in [-0.3, -0.25) is 0 Å². The molecule has 1 saturated carbocycles. The molecule has 106 valence electrons. The van der Waals surface area contributed by atoms with Crippen molar-refractivity contribution in [2.75, 3.05) is 11.9 Å². The second-order valence-electron chi connectivity index (χ2n) is 5.22. The van der Waals surface area contributed by atoms with Crippen molar-refractivity contribution in [2.24, 2.45) is 0 Å². The molecule has 1 aliphatic carbocycles. The van der Waals surface area contributed by atoms with Crippen LogP contribution in [0.2, 0.25) is 0 Å². The molecular formula is C15H18FN3O. The quantitative estimate of drug-likeness (QED) is 0.880. The van der Waals surface area contributed by atoms with E-state index < -0.39 is 0 Å². The first kappa shape index (κ1) is 13.1. The first-order chi connectivity index (χ1) is 9.72. The van der Waals surface area contributed by atoms with Gasteiger partial charge in [-0.05, 0) is 18.9 Å². The SMILES string of the molecule is CN(Cc1ccccc1F)c1nc(CNC2CC2)co1. The highest BCUT2D eigenvalue weighted by atomic mass is 19.1. The predicted octanol–water partition coefficient (Wildman–Crippen LogP) is 2.70. The number of nitrogens with one attached hydrogen (secondary N) is 1. The summed E-state index contributed by atoms with van der Waals surface area (Å²) in [5.41, 5.74) is 1.51. The first-order valence-corrected chi connectivity index (χ1v) is 6.84. The van der Waals surface area contributed by atoms with Crippen LogP contribution >= 0.6 is 0 Å². The zero-order chi connectivity index (χ0) is 13.9. The van der Waals surface area contributed by atoms with Gasteiger partial charge in [0.15, 0.2) is 0 Å². The Kier molecular flexibility index (Phi) is 3.69. The van der Waals surface area contributed by atoms with Gasteiger partial charge in [-0.1, -0.05) is 18.2 Å². The molecule has 20 heavy (non-hydrogen) atoms. The van der Waals surface area contributed by atoms with E-state index in [0.29, 0.717) is 24.2 Å². The Hall–Kier alpha value is -1.88. The molecule has 1 aliphatic rings. The van der Waals surface area contributed by atoms with Gasteiger partial charge >= 0.3 is 0 Å². The fraction of sp³-hybridized carbons (Fsp3) is 0.400. The van der Waals surface area contributed by atoms with Crippen molar-refractivity contribution in [1.82, 2.24) is 10.3 Å². The monoisotopic (exact) mass is 275 g/mol. The van der Waals surface area contributed by atoms with E-state index in [9.17, 15) is 4.39 Å². The van der Waals surface area contributed by atoms with E-state index in [4.69, 9.17) is 4.42 Å². The maximum atomic E-state index is 13.6. The third kappa shape index (κ3) is 3.17. The summed E-state index contributed by atoms with van der Waals surface area (Å²) >= 11 is 0. The molecule has 1 N–H and O–H groups in total. The number of hydrogen-bond donors (Lipinski definition) is 1. The lowest BCUT2D eigenvalue weighted by Gasteiger charge is -2.14. The molecule has 1 heterocycles. The van der Waals surface area contributed by atoms with Gasteiger partial charge in [0.05, 0.1) is 5.69 Å². The Morgan fingerprint density at radius 2 is 2.20 bits per heavy atom. The van der Waals surface area contributed by atoms with Gasteiger partial charge in [-0.15, -0.1) is 0 Å². The van der Waals surface area contributed by atoms with Crippen molar-refractivity contribution in [3.8, 4) is 0 Å². The number of benzene rings is 1. The Bertz CT molecular complexity index is 580. The molecule has 1 aromatic carbocycles. The van der Waals surface area contributed by atoms with E-state index >= 15 is 0 Å². The minimum Gasteiger partial charge on any atom is -0.432 e. The molecule has 0 amide bonds. The van der Waals surface area contributed by atoms with Crippen LogP contribution in [0.25, 0.3) is 0 Å². The number of oxazole rings is 1. The van der Waals surface area contributed by atoms with Crippen LogP contribution in [-0.2, 0) is 13.1 Å². The average molecular weight is 275 g/mol. The van der Waals surface area contributed by atoms with Crippen molar-refractivity contribution in [1.29, 1.82) is 0 Å². The average Bonchev–Trinajstić information content (AvgIpc) is 3.15. The fourth-order valence-corrected chi connectivity index (χ4v) is 2.04. The van der Waals surface area contributed by atoms with E-state index in [-0.39, 0.29) is 5.82 Å². The first-order valence-electron chi connectivity index (χ1n) is 6.84. The molecule has 0 bridgehead atoms. The molecule has 5 heteroatoms. The largest absolute Gasteiger partial charge is 0.432 e. The third-order valence-electron chi connectivity index (χ3n) is 3.38. The summed E-state index contributed by atoms with van der Waals surface area (Å²) < 4.78 is 19.0. The van der Waals surface area contributed by atoms with E-state index in [1.165, 1.54) is 18.9 Å². The van der Waals surface area contributed by atoms with Crippen LogP contribution < -0.4 is 10.2 Å². The minimum atomic E-state index is -0.207. The van der Waals surface area contributed by atoms with Gasteiger partial charge in [0.1, 0.15) is 12.1 Å². The smallest absolute Gasteiger partial charge is 0.297 e. The van der Waals surface area contributed by atoms with Crippen molar-refractivity contribution in [3.63, 3.8) is 0 Å². The number of nitrogens with zero attached hydrogens (tertiary/aromatic N) is 2. The van der Waals surface area contributed by atoms with Crippen LogP contribution in [0.5, 0.6) is 0 Å². The molecule has 0 spiro atoms. The second-order valence-corrected chi connectivity index (χ2v) is 5.22. The standard InChI is InChI=1S/C15H18FN3O/c1-19(9-11-4-2-3-5-14(11)16)15-18-13(10-20-15)8-17-12-6-7-12/h2-5,10,12,17H,6-9H2,1H3. The summed E-state index contributed by atoms with van der Waals surface area (Å²) in [6, 6.07) is 7.90. The van der Waals surface area contributed by atoms with Crippen molar-refractivity contribution >= 4 is 6.01 Å². The van der Waals surface area contributed by atoms with Crippen molar-refractivity contribution < 1.29 is 8.81 Å². The highest BCUT2D eigenvalue weighted by molar-refractivity contribution is 5.29. The molecule has 0 atom stereocenters. The van der Waals surface area contributed by atoms with E-state index in [1.54, 1.807) is 23.3 Å². The Labute approximate surface area is 117 Å². The van der Waals surface area contributed by atoms with Crippen LogP contribution in [-0.4, -0.2) is 18.1 Å². The molecule has 0 aliphatic heterocycles. The summed E-state index contributed by atoms with van der Waals surface area (Å²) in [6.07, 6.45) is 4.15. The fourth-order valence-electron chi connectivity index (χ4n) is 2.04.